The van der Waals surface area contributed by atoms with Crippen LogP contribution in [0, 0.1) is 0 Å². The largest absolute Gasteiger partial charge is 0.493 e. The maximum atomic E-state index is 13.9. The number of rotatable bonds is 8. The van der Waals surface area contributed by atoms with Crippen molar-refractivity contribution in [1.82, 2.24) is 4.57 Å². The van der Waals surface area contributed by atoms with Crippen molar-refractivity contribution in [3.63, 3.8) is 0 Å². The van der Waals surface area contributed by atoms with Gasteiger partial charge in [-0.3, -0.25) is 9.36 Å². The normalized spacial score (nSPS) is 15.0. The Morgan fingerprint density at radius 3 is 2.63 bits per heavy atom. The molecule has 5 rings (SSSR count). The van der Waals surface area contributed by atoms with Crippen molar-refractivity contribution in [2.24, 2.45) is 4.99 Å². The first kappa shape index (κ1) is 28.7. The molecule has 0 saturated heterocycles. The molecule has 4 aromatic rings. The molecule has 3 heterocycles. The maximum absolute atomic E-state index is 13.9. The number of methoxy groups -OCH3 is 1. The molecule has 0 spiro atoms. The van der Waals surface area contributed by atoms with Gasteiger partial charge in [-0.25, -0.2) is 9.79 Å². The summed E-state index contributed by atoms with van der Waals surface area (Å²) in [4.78, 5) is 32.2. The molecule has 1 aliphatic rings. The van der Waals surface area contributed by atoms with Crippen LogP contribution >= 0.6 is 34.5 Å². The van der Waals surface area contributed by atoms with Crippen LogP contribution in [0.3, 0.4) is 0 Å². The number of hydrogen-bond acceptors (Lipinski definition) is 8. The lowest BCUT2D eigenvalue weighted by Crippen LogP contribution is -2.39. The van der Waals surface area contributed by atoms with Crippen LogP contribution in [0.15, 0.2) is 74.0 Å². The maximum Gasteiger partial charge on any atom is 0.338 e. The lowest BCUT2D eigenvalue weighted by Gasteiger charge is -2.25. The molecule has 212 valence electrons. The first-order valence-corrected chi connectivity index (χ1v) is 14.4. The fraction of sp³-hybridized carbons (Fsp3) is 0.233. The van der Waals surface area contributed by atoms with Gasteiger partial charge in [-0.05, 0) is 68.8 Å². The summed E-state index contributed by atoms with van der Waals surface area (Å²) in [5, 5.41) is 1.01. The van der Waals surface area contributed by atoms with Crippen LogP contribution in [0.25, 0.3) is 17.4 Å². The number of hydrogen-bond donors (Lipinski definition) is 0. The quantitative estimate of drug-likeness (QED) is 0.234. The van der Waals surface area contributed by atoms with Crippen LogP contribution in [0.1, 0.15) is 38.1 Å². The summed E-state index contributed by atoms with van der Waals surface area (Å²) in [6.07, 6.45) is 1.64. The second-order valence-corrected chi connectivity index (χ2v) is 10.8. The number of carbonyl (C=O) groups excluding carboxylic acids is 1. The summed E-state index contributed by atoms with van der Waals surface area (Å²) < 4.78 is 24.5. The molecule has 41 heavy (non-hydrogen) atoms. The van der Waals surface area contributed by atoms with Crippen LogP contribution in [0.4, 0.5) is 0 Å². The molecule has 2 aromatic heterocycles. The van der Waals surface area contributed by atoms with Gasteiger partial charge in [0.15, 0.2) is 16.3 Å². The number of aromatic nitrogens is 1. The Morgan fingerprint density at radius 1 is 1.10 bits per heavy atom. The van der Waals surface area contributed by atoms with Gasteiger partial charge < -0.3 is 18.6 Å². The van der Waals surface area contributed by atoms with Gasteiger partial charge in [0.1, 0.15) is 11.5 Å². The number of ether oxygens (including phenoxy) is 3. The molecule has 0 fully saturated rings. The van der Waals surface area contributed by atoms with Crippen molar-refractivity contribution in [1.29, 1.82) is 0 Å². The molecule has 0 N–H and O–H groups in total. The van der Waals surface area contributed by atoms with Crippen molar-refractivity contribution in [2.45, 2.75) is 26.8 Å². The minimum atomic E-state index is -0.796. The third-order valence-corrected chi connectivity index (χ3v) is 7.96. The van der Waals surface area contributed by atoms with Gasteiger partial charge in [0, 0.05) is 16.7 Å². The average molecular weight is 614 g/mol. The highest BCUT2D eigenvalue weighted by Gasteiger charge is 2.34. The molecule has 8 nitrogen and oxygen atoms in total. The van der Waals surface area contributed by atoms with E-state index in [4.69, 9.17) is 41.8 Å². The molecule has 1 unspecified atom stereocenters. The van der Waals surface area contributed by atoms with Gasteiger partial charge in [0.05, 0.1) is 47.2 Å². The van der Waals surface area contributed by atoms with E-state index < -0.39 is 12.0 Å². The highest BCUT2D eigenvalue weighted by atomic mass is 35.5. The topological polar surface area (TPSA) is 92.3 Å². The average Bonchev–Trinajstić information content (AvgIpc) is 3.53. The number of esters is 1. The summed E-state index contributed by atoms with van der Waals surface area (Å²) in [6, 6.07) is 13.1. The van der Waals surface area contributed by atoms with E-state index in [0.717, 1.165) is 0 Å². The Hall–Kier alpha value is -3.79. The van der Waals surface area contributed by atoms with Crippen molar-refractivity contribution in [2.75, 3.05) is 20.3 Å². The second kappa shape index (κ2) is 12.0. The molecular weight excluding hydrogens is 587 g/mol. The summed E-state index contributed by atoms with van der Waals surface area (Å²) in [5.74, 6) is 1.44. The summed E-state index contributed by atoms with van der Waals surface area (Å²) in [5.41, 5.74) is 1.69. The first-order chi connectivity index (χ1) is 19.7. The standard InChI is InChI=1S/C30H26Cl2N2O6S/c1-5-38-24-13-17(7-11-23(24)37-4)27-26(29(36)39-6-2)16(3)33-30-34(27)28(35)25(41-30)15-19-9-12-22(40-19)20-14-18(31)8-10-21(20)32/h7-15,27H,5-6H2,1-4H3/b25-15-. The van der Waals surface area contributed by atoms with Gasteiger partial charge in [-0.2, -0.15) is 0 Å². The third kappa shape index (κ3) is 5.57. The third-order valence-electron chi connectivity index (χ3n) is 6.41. The number of halogens is 2. The van der Waals surface area contributed by atoms with Crippen LogP contribution in [-0.2, 0) is 9.53 Å². The van der Waals surface area contributed by atoms with E-state index >= 15 is 0 Å². The van der Waals surface area contributed by atoms with Gasteiger partial charge in [0.25, 0.3) is 5.56 Å². The van der Waals surface area contributed by atoms with Crippen molar-refractivity contribution >= 4 is 46.6 Å². The van der Waals surface area contributed by atoms with Gasteiger partial charge >= 0.3 is 5.97 Å². The second-order valence-electron chi connectivity index (χ2n) is 8.97. The molecule has 0 aliphatic carbocycles. The Balaban J connectivity index is 1.66. The highest BCUT2D eigenvalue weighted by Crippen LogP contribution is 2.36. The molecule has 11 heteroatoms. The van der Waals surface area contributed by atoms with E-state index in [0.29, 0.717) is 65.8 Å². The van der Waals surface area contributed by atoms with Gasteiger partial charge in [0.2, 0.25) is 0 Å². The van der Waals surface area contributed by atoms with E-state index in [2.05, 4.69) is 4.99 Å². The zero-order chi connectivity index (χ0) is 29.3. The monoisotopic (exact) mass is 612 g/mol. The zero-order valence-corrected chi connectivity index (χ0v) is 25.0. The number of fused-ring (bicyclic) bond motifs is 1. The zero-order valence-electron chi connectivity index (χ0n) is 22.7. The molecule has 2 aromatic carbocycles. The summed E-state index contributed by atoms with van der Waals surface area (Å²) in [7, 11) is 1.55. The smallest absolute Gasteiger partial charge is 0.338 e. The van der Waals surface area contributed by atoms with Crippen LogP contribution in [0.5, 0.6) is 11.5 Å². The Bertz CT molecular complexity index is 1850. The lowest BCUT2D eigenvalue weighted by atomic mass is 9.95. The number of carbonyl (C=O) groups is 1. The molecule has 0 saturated carbocycles. The highest BCUT2D eigenvalue weighted by molar-refractivity contribution is 7.07. The Labute approximate surface area is 249 Å². The fourth-order valence-corrected chi connectivity index (χ4v) is 6.04. The van der Waals surface area contributed by atoms with E-state index in [9.17, 15) is 9.59 Å². The van der Waals surface area contributed by atoms with E-state index in [1.165, 1.54) is 15.9 Å². The van der Waals surface area contributed by atoms with Crippen molar-refractivity contribution in [3.05, 3.63) is 101 Å². The van der Waals surface area contributed by atoms with Crippen molar-refractivity contribution < 1.29 is 23.4 Å². The van der Waals surface area contributed by atoms with Gasteiger partial charge in [-0.1, -0.05) is 40.6 Å². The lowest BCUT2D eigenvalue weighted by molar-refractivity contribution is -0.139. The van der Waals surface area contributed by atoms with E-state index in [1.807, 2.05) is 6.92 Å². The van der Waals surface area contributed by atoms with Crippen LogP contribution in [0.2, 0.25) is 10.0 Å². The summed E-state index contributed by atoms with van der Waals surface area (Å²) >= 11 is 13.7. The Morgan fingerprint density at radius 2 is 1.90 bits per heavy atom. The number of thiazole rings is 1. The molecule has 0 bridgehead atoms. The van der Waals surface area contributed by atoms with Gasteiger partial charge in [-0.15, -0.1) is 0 Å². The van der Waals surface area contributed by atoms with E-state index in [1.54, 1.807) is 75.6 Å². The van der Waals surface area contributed by atoms with Crippen LogP contribution in [-0.4, -0.2) is 30.9 Å². The summed E-state index contributed by atoms with van der Waals surface area (Å²) in [6.45, 7) is 5.91. The minimum absolute atomic E-state index is 0.178. The Kier molecular flexibility index (Phi) is 8.40. The van der Waals surface area contributed by atoms with Crippen LogP contribution < -0.4 is 24.4 Å². The number of allylic oxidation sites excluding steroid dienone is 1. The predicted molar refractivity (Wildman–Crippen MR) is 159 cm³/mol. The molecule has 1 atom stereocenters. The molecular formula is C30H26Cl2N2O6S. The van der Waals surface area contributed by atoms with E-state index in [-0.39, 0.29) is 17.7 Å². The van der Waals surface area contributed by atoms with Crippen molar-refractivity contribution in [3.8, 4) is 22.8 Å². The minimum Gasteiger partial charge on any atom is -0.493 e. The number of benzene rings is 2. The number of nitrogens with zero attached hydrogens (tertiary/aromatic N) is 2. The molecule has 1 aliphatic heterocycles. The first-order valence-electron chi connectivity index (χ1n) is 12.8. The molecule has 0 amide bonds. The SMILES string of the molecule is CCOC(=O)C1=C(C)N=c2s/c(=C\c3ccc(-c4cc(Cl)ccc4Cl)o3)c(=O)n2C1c1ccc(OC)c(OCC)c1. The number of furan rings is 1. The predicted octanol–water partition coefficient (Wildman–Crippen LogP) is 5.77. The fourth-order valence-electron chi connectivity index (χ4n) is 4.63. The molecule has 0 radical (unpaired) electrons.